The van der Waals surface area contributed by atoms with Gasteiger partial charge in [-0.25, -0.2) is 4.98 Å². The molecule has 0 radical (unpaired) electrons. The zero-order valence-electron chi connectivity index (χ0n) is 13.6. The van der Waals surface area contributed by atoms with Crippen molar-refractivity contribution in [2.45, 2.75) is 39.0 Å². The average Bonchev–Trinajstić information content (AvgIpc) is 2.82. The van der Waals surface area contributed by atoms with Gasteiger partial charge < -0.3 is 9.88 Å². The van der Waals surface area contributed by atoms with Crippen LogP contribution in [0.1, 0.15) is 32.5 Å². The Bertz CT molecular complexity index is 621. The number of hydrogen-bond donors (Lipinski definition) is 1. The maximum Gasteiger partial charge on any atom is 0.240 e. The Kier molecular flexibility index (Phi) is 6.31. The van der Waals surface area contributed by atoms with Crippen LogP contribution < -0.4 is 5.32 Å². The number of hydrogen-bond acceptors (Lipinski definition) is 3. The summed E-state index contributed by atoms with van der Waals surface area (Å²) in [6.45, 7) is 5.50. The van der Waals surface area contributed by atoms with Crippen LogP contribution in [0.3, 0.4) is 0 Å². The summed E-state index contributed by atoms with van der Waals surface area (Å²) in [5, 5.41) is 3.02. The molecule has 1 amide bonds. The number of fused-ring (bicyclic) bond motifs is 1. The van der Waals surface area contributed by atoms with E-state index in [4.69, 9.17) is 0 Å². The van der Waals surface area contributed by atoms with Crippen molar-refractivity contribution in [3.05, 3.63) is 30.1 Å². The van der Waals surface area contributed by atoms with Crippen molar-refractivity contribution in [3.63, 3.8) is 0 Å². The fourth-order valence-electron chi connectivity index (χ4n) is 2.48. The number of imidazole rings is 1. The molecule has 1 aromatic carbocycles. The first-order valence-corrected chi connectivity index (χ1v) is 9.21. The van der Waals surface area contributed by atoms with Gasteiger partial charge in [-0.05, 0) is 37.1 Å². The van der Waals surface area contributed by atoms with E-state index in [1.807, 2.05) is 28.8 Å². The number of benzene rings is 1. The Morgan fingerprint density at radius 3 is 2.86 bits per heavy atom. The van der Waals surface area contributed by atoms with Gasteiger partial charge in [0, 0.05) is 6.54 Å². The van der Waals surface area contributed by atoms with E-state index in [-0.39, 0.29) is 5.91 Å². The second-order valence-corrected chi connectivity index (χ2v) is 6.79. The summed E-state index contributed by atoms with van der Waals surface area (Å²) in [6, 6.07) is 7.99. The van der Waals surface area contributed by atoms with Crippen LogP contribution >= 0.6 is 11.8 Å². The quantitative estimate of drug-likeness (QED) is 0.758. The number of carbonyl (C=O) groups excluding carboxylic acids is 1. The molecule has 1 N–H and O–H groups in total. The largest absolute Gasteiger partial charge is 0.355 e. The van der Waals surface area contributed by atoms with Gasteiger partial charge in [0.2, 0.25) is 5.91 Å². The van der Waals surface area contributed by atoms with Crippen molar-refractivity contribution >= 4 is 28.7 Å². The summed E-state index contributed by atoms with van der Waals surface area (Å²) in [5.41, 5.74) is 1.99. The van der Waals surface area contributed by atoms with Gasteiger partial charge in [-0.2, -0.15) is 11.8 Å². The number of nitrogens with zero attached hydrogens (tertiary/aromatic N) is 2. The number of carbonyl (C=O) groups is 1. The molecule has 0 aliphatic carbocycles. The van der Waals surface area contributed by atoms with E-state index in [2.05, 4.69) is 30.4 Å². The summed E-state index contributed by atoms with van der Waals surface area (Å²) >= 11 is 1.72. The molecule has 5 heteroatoms. The topological polar surface area (TPSA) is 46.9 Å². The van der Waals surface area contributed by atoms with Crippen LogP contribution in [0.4, 0.5) is 0 Å². The summed E-state index contributed by atoms with van der Waals surface area (Å²) in [7, 11) is 0. The summed E-state index contributed by atoms with van der Waals surface area (Å²) in [6.07, 6.45) is 4.23. The second kappa shape index (κ2) is 8.22. The SMILES string of the molecule is CSCc1nc2ccccc2n1CC(=O)NCCCC(C)C. The van der Waals surface area contributed by atoms with Gasteiger partial charge in [-0.3, -0.25) is 4.79 Å². The molecule has 22 heavy (non-hydrogen) atoms. The van der Waals surface area contributed by atoms with Crippen LogP contribution in [0, 0.1) is 5.92 Å². The molecule has 0 bridgehead atoms. The molecule has 0 spiro atoms. The molecule has 0 saturated carbocycles. The highest BCUT2D eigenvalue weighted by molar-refractivity contribution is 7.97. The van der Waals surface area contributed by atoms with Crippen LogP contribution in [0.2, 0.25) is 0 Å². The molecule has 0 fully saturated rings. The molecule has 1 heterocycles. The van der Waals surface area contributed by atoms with E-state index in [0.29, 0.717) is 12.5 Å². The Morgan fingerprint density at radius 1 is 1.36 bits per heavy atom. The lowest BCUT2D eigenvalue weighted by Gasteiger charge is -2.10. The maximum absolute atomic E-state index is 12.2. The normalized spacial score (nSPS) is 11.3. The minimum atomic E-state index is 0.0641. The number of aromatic nitrogens is 2. The molecule has 0 aliphatic rings. The molecule has 2 aromatic rings. The molecule has 0 atom stereocenters. The Labute approximate surface area is 136 Å². The van der Waals surface area contributed by atoms with Crippen LogP contribution in [-0.2, 0) is 17.1 Å². The van der Waals surface area contributed by atoms with Crippen LogP contribution in [0.5, 0.6) is 0 Å². The predicted molar refractivity (Wildman–Crippen MR) is 94.0 cm³/mol. The molecular formula is C17H25N3OS. The average molecular weight is 319 g/mol. The highest BCUT2D eigenvalue weighted by atomic mass is 32.2. The summed E-state index contributed by atoms with van der Waals surface area (Å²) < 4.78 is 2.03. The van der Waals surface area contributed by atoms with Gasteiger partial charge in [0.05, 0.1) is 16.8 Å². The first-order valence-electron chi connectivity index (χ1n) is 7.81. The van der Waals surface area contributed by atoms with Crippen molar-refractivity contribution in [1.29, 1.82) is 0 Å². The van der Waals surface area contributed by atoms with E-state index < -0.39 is 0 Å². The lowest BCUT2D eigenvalue weighted by atomic mass is 10.1. The molecule has 0 unspecified atom stereocenters. The highest BCUT2D eigenvalue weighted by Crippen LogP contribution is 2.18. The van der Waals surface area contributed by atoms with Crippen molar-refractivity contribution < 1.29 is 4.79 Å². The standard InChI is InChI=1S/C17H25N3OS/c1-13(2)7-6-10-18-17(21)11-20-15-9-5-4-8-14(15)19-16(20)12-22-3/h4-5,8-9,13H,6-7,10-12H2,1-3H3,(H,18,21). The first kappa shape index (κ1) is 16.9. The lowest BCUT2D eigenvalue weighted by molar-refractivity contribution is -0.121. The number of amides is 1. The minimum Gasteiger partial charge on any atom is -0.355 e. The lowest BCUT2D eigenvalue weighted by Crippen LogP contribution is -2.29. The third-order valence-electron chi connectivity index (χ3n) is 3.59. The van der Waals surface area contributed by atoms with Gasteiger partial charge in [0.1, 0.15) is 12.4 Å². The number of para-hydroxylation sites is 2. The fraction of sp³-hybridized carbons (Fsp3) is 0.529. The van der Waals surface area contributed by atoms with Gasteiger partial charge in [-0.1, -0.05) is 26.0 Å². The molecule has 120 valence electrons. The van der Waals surface area contributed by atoms with E-state index in [0.717, 1.165) is 42.0 Å². The second-order valence-electron chi connectivity index (χ2n) is 5.92. The van der Waals surface area contributed by atoms with Gasteiger partial charge >= 0.3 is 0 Å². The van der Waals surface area contributed by atoms with Crippen LogP contribution in [0.15, 0.2) is 24.3 Å². The zero-order valence-corrected chi connectivity index (χ0v) is 14.4. The van der Waals surface area contributed by atoms with Crippen molar-refractivity contribution in [1.82, 2.24) is 14.9 Å². The van der Waals surface area contributed by atoms with E-state index in [9.17, 15) is 4.79 Å². The highest BCUT2D eigenvalue weighted by Gasteiger charge is 2.12. The molecular weight excluding hydrogens is 294 g/mol. The van der Waals surface area contributed by atoms with Crippen LogP contribution in [-0.4, -0.2) is 28.3 Å². The number of thioether (sulfide) groups is 1. The maximum atomic E-state index is 12.2. The summed E-state index contributed by atoms with van der Waals surface area (Å²) in [5.74, 6) is 2.53. The van der Waals surface area contributed by atoms with E-state index in [1.165, 1.54) is 0 Å². The van der Waals surface area contributed by atoms with E-state index >= 15 is 0 Å². The van der Waals surface area contributed by atoms with Crippen molar-refractivity contribution in [2.24, 2.45) is 5.92 Å². The van der Waals surface area contributed by atoms with E-state index in [1.54, 1.807) is 11.8 Å². The molecule has 2 rings (SSSR count). The molecule has 0 aliphatic heterocycles. The smallest absolute Gasteiger partial charge is 0.240 e. The summed E-state index contributed by atoms with van der Waals surface area (Å²) in [4.78, 5) is 16.8. The van der Waals surface area contributed by atoms with Crippen molar-refractivity contribution in [3.8, 4) is 0 Å². The van der Waals surface area contributed by atoms with Crippen LogP contribution in [0.25, 0.3) is 11.0 Å². The third kappa shape index (κ3) is 4.50. The first-order chi connectivity index (χ1) is 10.6. The zero-order chi connectivity index (χ0) is 15.9. The minimum absolute atomic E-state index is 0.0641. The Hall–Kier alpha value is -1.49. The van der Waals surface area contributed by atoms with Gasteiger partial charge in [0.15, 0.2) is 0 Å². The van der Waals surface area contributed by atoms with Crippen molar-refractivity contribution in [2.75, 3.05) is 12.8 Å². The monoisotopic (exact) mass is 319 g/mol. The molecule has 0 saturated heterocycles. The molecule has 1 aromatic heterocycles. The third-order valence-corrected chi connectivity index (χ3v) is 4.14. The number of rotatable bonds is 8. The number of nitrogens with one attached hydrogen (secondary N) is 1. The van der Waals surface area contributed by atoms with Gasteiger partial charge in [-0.15, -0.1) is 0 Å². The predicted octanol–water partition coefficient (Wildman–Crippen LogP) is 3.45. The Morgan fingerprint density at radius 2 is 2.14 bits per heavy atom. The van der Waals surface area contributed by atoms with Gasteiger partial charge in [0.25, 0.3) is 0 Å². The fourth-order valence-corrected chi connectivity index (χ4v) is 2.96. The molecule has 4 nitrogen and oxygen atoms in total. The Balaban J connectivity index is 2.03.